The lowest BCUT2D eigenvalue weighted by Gasteiger charge is -2.27. The number of aromatic nitrogens is 3. The molecule has 1 atom stereocenters. The van der Waals surface area contributed by atoms with Crippen molar-refractivity contribution in [1.82, 2.24) is 24.8 Å². The van der Waals surface area contributed by atoms with Crippen molar-refractivity contribution in [3.05, 3.63) is 29.7 Å². The topological polar surface area (TPSA) is 133 Å². The zero-order chi connectivity index (χ0) is 24.8. The van der Waals surface area contributed by atoms with Crippen LogP contribution in [0.25, 0.3) is 5.65 Å². The van der Waals surface area contributed by atoms with E-state index in [0.29, 0.717) is 43.5 Å². The zero-order valence-corrected chi connectivity index (χ0v) is 20.6. The van der Waals surface area contributed by atoms with Crippen LogP contribution in [-0.2, 0) is 25.6 Å². The minimum absolute atomic E-state index is 0.0328. The standard InChI is InChI=1S/C24H36N6O5/c1-24(2,25)22(31)26-19(16-34-18-8-4-3-5-9-18)21-28-27-20-10-6-7-17(30(20)21)15-35-23(32)29-11-13-33-14-12-29/h6-7,10,18-19H,3-5,8-9,11-16,25H2,1-2H3,(H,26,31)/t19-/m1/s1. The Bertz CT molecular complexity index is 1010. The lowest BCUT2D eigenvalue weighted by Crippen LogP contribution is -2.51. The van der Waals surface area contributed by atoms with Crippen LogP contribution in [0.2, 0.25) is 0 Å². The first kappa shape index (κ1) is 25.3. The molecule has 2 aromatic rings. The summed E-state index contributed by atoms with van der Waals surface area (Å²) in [6.07, 6.45) is 5.28. The van der Waals surface area contributed by atoms with Gasteiger partial charge in [0, 0.05) is 13.1 Å². The summed E-state index contributed by atoms with van der Waals surface area (Å²) in [6.45, 7) is 5.59. The molecule has 2 aromatic heterocycles. The van der Waals surface area contributed by atoms with Crippen molar-refractivity contribution in [2.45, 2.75) is 70.2 Å². The third kappa shape index (κ3) is 6.47. The summed E-state index contributed by atoms with van der Waals surface area (Å²) >= 11 is 0. The van der Waals surface area contributed by atoms with Crippen molar-refractivity contribution in [2.75, 3.05) is 32.9 Å². The number of carbonyl (C=O) groups is 2. The normalized spacial score (nSPS) is 18.4. The van der Waals surface area contributed by atoms with Gasteiger partial charge in [0.25, 0.3) is 0 Å². The Morgan fingerprint density at radius 1 is 1.20 bits per heavy atom. The van der Waals surface area contributed by atoms with E-state index in [1.807, 2.05) is 22.6 Å². The van der Waals surface area contributed by atoms with E-state index in [9.17, 15) is 9.59 Å². The van der Waals surface area contributed by atoms with Crippen LogP contribution >= 0.6 is 0 Å². The molecular weight excluding hydrogens is 452 g/mol. The first-order chi connectivity index (χ1) is 16.8. The quantitative estimate of drug-likeness (QED) is 0.576. The van der Waals surface area contributed by atoms with Crippen molar-refractivity contribution in [3.8, 4) is 0 Å². The average Bonchev–Trinajstić information content (AvgIpc) is 3.30. The molecule has 3 heterocycles. The van der Waals surface area contributed by atoms with Crippen molar-refractivity contribution < 1.29 is 23.8 Å². The second-order valence-electron chi connectivity index (χ2n) is 9.76. The van der Waals surface area contributed by atoms with Gasteiger partial charge in [-0.25, -0.2) is 4.79 Å². The van der Waals surface area contributed by atoms with Gasteiger partial charge >= 0.3 is 6.09 Å². The molecule has 0 spiro atoms. The molecule has 11 heteroatoms. The Balaban J connectivity index is 1.55. The zero-order valence-electron chi connectivity index (χ0n) is 20.6. The van der Waals surface area contributed by atoms with Crippen LogP contribution in [0.3, 0.4) is 0 Å². The fourth-order valence-electron chi connectivity index (χ4n) is 4.33. The third-order valence-corrected chi connectivity index (χ3v) is 6.40. The fraction of sp³-hybridized carbons (Fsp3) is 0.667. The number of nitrogens with one attached hydrogen (secondary N) is 1. The largest absolute Gasteiger partial charge is 0.443 e. The highest BCUT2D eigenvalue weighted by Crippen LogP contribution is 2.23. The van der Waals surface area contributed by atoms with Crippen molar-refractivity contribution in [1.29, 1.82) is 0 Å². The van der Waals surface area contributed by atoms with Gasteiger partial charge in [-0.05, 0) is 38.8 Å². The van der Waals surface area contributed by atoms with Crippen LogP contribution in [0.1, 0.15) is 63.5 Å². The molecule has 1 aliphatic carbocycles. The number of morpholine rings is 1. The molecule has 2 fully saturated rings. The first-order valence-corrected chi connectivity index (χ1v) is 12.4. The number of nitrogens with two attached hydrogens (primary N) is 1. The van der Waals surface area contributed by atoms with E-state index < -0.39 is 17.7 Å². The number of fused-ring (bicyclic) bond motifs is 1. The van der Waals surface area contributed by atoms with E-state index >= 15 is 0 Å². The van der Waals surface area contributed by atoms with Gasteiger partial charge in [-0.2, -0.15) is 0 Å². The molecule has 1 saturated heterocycles. The van der Waals surface area contributed by atoms with E-state index in [2.05, 4.69) is 15.5 Å². The van der Waals surface area contributed by atoms with Crippen LogP contribution in [0.15, 0.2) is 18.2 Å². The van der Waals surface area contributed by atoms with Crippen LogP contribution in [-0.4, -0.2) is 76.1 Å². The third-order valence-electron chi connectivity index (χ3n) is 6.40. The number of hydrogen-bond acceptors (Lipinski definition) is 8. The van der Waals surface area contributed by atoms with Gasteiger partial charge in [0.05, 0.1) is 37.2 Å². The van der Waals surface area contributed by atoms with E-state index in [0.717, 1.165) is 25.7 Å². The maximum Gasteiger partial charge on any atom is 0.410 e. The number of rotatable bonds is 8. The molecule has 1 saturated carbocycles. The second kappa shape index (κ2) is 11.3. The highest BCUT2D eigenvalue weighted by Gasteiger charge is 2.29. The van der Waals surface area contributed by atoms with Gasteiger partial charge in [0.2, 0.25) is 5.91 Å². The SMILES string of the molecule is CC(C)(N)C(=O)N[C@H](COC1CCCCC1)c1nnc2cccc(COC(=O)N3CCOCC3)n12. The van der Waals surface area contributed by atoms with Crippen molar-refractivity contribution in [3.63, 3.8) is 0 Å². The smallest absolute Gasteiger partial charge is 0.410 e. The molecule has 4 rings (SSSR count). The first-order valence-electron chi connectivity index (χ1n) is 12.4. The van der Waals surface area contributed by atoms with Crippen LogP contribution < -0.4 is 11.1 Å². The van der Waals surface area contributed by atoms with Gasteiger partial charge < -0.3 is 30.2 Å². The Kier molecular flexibility index (Phi) is 8.19. The molecule has 35 heavy (non-hydrogen) atoms. The lowest BCUT2D eigenvalue weighted by atomic mass is 9.98. The highest BCUT2D eigenvalue weighted by atomic mass is 16.6. The number of hydrogen-bond donors (Lipinski definition) is 2. The van der Waals surface area contributed by atoms with E-state index in [1.165, 1.54) is 6.42 Å². The number of pyridine rings is 1. The summed E-state index contributed by atoms with van der Waals surface area (Å²) < 4.78 is 18.9. The molecule has 11 nitrogen and oxygen atoms in total. The number of carbonyl (C=O) groups excluding carboxylic acids is 2. The van der Waals surface area contributed by atoms with Gasteiger partial charge in [-0.3, -0.25) is 9.20 Å². The predicted molar refractivity (Wildman–Crippen MR) is 128 cm³/mol. The van der Waals surface area contributed by atoms with E-state index in [4.69, 9.17) is 19.9 Å². The predicted octanol–water partition coefficient (Wildman–Crippen LogP) is 1.94. The number of ether oxygens (including phenoxy) is 3. The van der Waals surface area contributed by atoms with Gasteiger partial charge in [-0.1, -0.05) is 25.3 Å². The maximum atomic E-state index is 12.8. The van der Waals surface area contributed by atoms with Gasteiger partial charge in [0.1, 0.15) is 12.6 Å². The Morgan fingerprint density at radius 3 is 2.66 bits per heavy atom. The number of nitrogens with zero attached hydrogens (tertiary/aromatic N) is 4. The molecule has 0 bridgehead atoms. The van der Waals surface area contributed by atoms with Gasteiger partial charge in [-0.15, -0.1) is 10.2 Å². The molecule has 0 unspecified atom stereocenters. The van der Waals surface area contributed by atoms with Gasteiger partial charge in [0.15, 0.2) is 11.5 Å². The maximum absolute atomic E-state index is 12.8. The summed E-state index contributed by atoms with van der Waals surface area (Å²) in [5.41, 5.74) is 6.25. The fourth-order valence-corrected chi connectivity index (χ4v) is 4.33. The monoisotopic (exact) mass is 488 g/mol. The lowest BCUT2D eigenvalue weighted by molar-refractivity contribution is -0.126. The molecule has 2 aliphatic rings. The second-order valence-corrected chi connectivity index (χ2v) is 9.76. The highest BCUT2D eigenvalue weighted by molar-refractivity contribution is 5.85. The molecule has 192 valence electrons. The van der Waals surface area contributed by atoms with Crippen molar-refractivity contribution in [2.24, 2.45) is 5.73 Å². The molecule has 2 amide bonds. The summed E-state index contributed by atoms with van der Waals surface area (Å²) in [7, 11) is 0. The van der Waals surface area contributed by atoms with Crippen molar-refractivity contribution >= 4 is 17.6 Å². The summed E-state index contributed by atoms with van der Waals surface area (Å²) in [5.74, 6) is 0.189. The Hall–Kier alpha value is -2.76. The average molecular weight is 489 g/mol. The molecule has 0 radical (unpaired) electrons. The number of amides is 2. The van der Waals surface area contributed by atoms with Crippen LogP contribution in [0, 0.1) is 0 Å². The molecule has 3 N–H and O–H groups in total. The Morgan fingerprint density at radius 2 is 1.94 bits per heavy atom. The Labute approximate surface area is 205 Å². The summed E-state index contributed by atoms with van der Waals surface area (Å²) in [4.78, 5) is 26.9. The molecule has 0 aromatic carbocycles. The van der Waals surface area contributed by atoms with E-state index in [1.54, 1.807) is 18.7 Å². The summed E-state index contributed by atoms with van der Waals surface area (Å²) in [5, 5.41) is 11.7. The van der Waals surface area contributed by atoms with E-state index in [-0.39, 0.29) is 25.2 Å². The van der Waals surface area contributed by atoms with Crippen LogP contribution in [0.5, 0.6) is 0 Å². The summed E-state index contributed by atoms with van der Waals surface area (Å²) in [6, 6.07) is 4.93. The molecule has 1 aliphatic heterocycles. The molecular formula is C24H36N6O5. The van der Waals surface area contributed by atoms with Crippen LogP contribution in [0.4, 0.5) is 4.79 Å². The minimum Gasteiger partial charge on any atom is -0.443 e. The minimum atomic E-state index is -1.07.